The summed E-state index contributed by atoms with van der Waals surface area (Å²) in [7, 11) is 0. The van der Waals surface area contributed by atoms with E-state index in [2.05, 4.69) is 44.0 Å². The molecule has 29 heavy (non-hydrogen) atoms. The monoisotopic (exact) mass is 380 g/mol. The Balaban J connectivity index is 1.92. The highest BCUT2D eigenvalue weighted by molar-refractivity contribution is 6.02. The van der Waals surface area contributed by atoms with E-state index in [1.807, 2.05) is 44.2 Å². The molecule has 1 heterocycles. The fourth-order valence-corrected chi connectivity index (χ4v) is 3.27. The van der Waals surface area contributed by atoms with Crippen LogP contribution < -0.4 is 0 Å². The summed E-state index contributed by atoms with van der Waals surface area (Å²) in [6.07, 6.45) is 0. The molecule has 0 aliphatic carbocycles. The van der Waals surface area contributed by atoms with E-state index >= 15 is 0 Å². The molecule has 0 fully saturated rings. The number of pyridine rings is 1. The van der Waals surface area contributed by atoms with Crippen molar-refractivity contribution in [2.24, 2.45) is 9.98 Å². The summed E-state index contributed by atoms with van der Waals surface area (Å²) in [4.78, 5) is 14.3. The molecule has 3 aromatic rings. The lowest BCUT2D eigenvalue weighted by atomic mass is 10.1. The minimum Gasteiger partial charge on any atom is -0.252 e. The maximum Gasteiger partial charge on any atom is 0.0991 e. The molecule has 0 N–H and O–H groups in total. The molecular formula is C25H24N4. The molecule has 0 unspecified atom stereocenters. The summed E-state index contributed by atoms with van der Waals surface area (Å²) in [5, 5.41) is 8.92. The van der Waals surface area contributed by atoms with Crippen LogP contribution in [0.15, 0.2) is 64.6 Å². The molecule has 3 rings (SSSR count). The number of aliphatic imine (C=N–C) groups is 2. The molecule has 1 aromatic heterocycles. The molecule has 144 valence electrons. The summed E-state index contributed by atoms with van der Waals surface area (Å²) in [5.74, 6) is 0. The van der Waals surface area contributed by atoms with Crippen molar-refractivity contribution in [1.82, 2.24) is 4.98 Å². The van der Waals surface area contributed by atoms with Gasteiger partial charge >= 0.3 is 0 Å². The van der Waals surface area contributed by atoms with Gasteiger partial charge in [-0.05, 0) is 82.1 Å². The highest BCUT2D eigenvalue weighted by Crippen LogP contribution is 2.26. The van der Waals surface area contributed by atoms with Crippen LogP contribution in [0.5, 0.6) is 0 Å². The third kappa shape index (κ3) is 4.83. The van der Waals surface area contributed by atoms with Gasteiger partial charge in [0.05, 0.1) is 45.8 Å². The van der Waals surface area contributed by atoms with Gasteiger partial charge in [0, 0.05) is 0 Å². The number of hydrogen-bond acceptors (Lipinski definition) is 4. The van der Waals surface area contributed by atoms with Crippen LogP contribution >= 0.6 is 0 Å². The van der Waals surface area contributed by atoms with Gasteiger partial charge in [0.2, 0.25) is 0 Å². The normalized spacial score (nSPS) is 12.0. The second kappa shape index (κ2) is 8.62. The molecule has 0 radical (unpaired) electrons. The first kappa shape index (κ1) is 20.2. The number of hydrogen-bond donors (Lipinski definition) is 0. The van der Waals surface area contributed by atoms with Crippen LogP contribution in [-0.4, -0.2) is 16.4 Å². The van der Waals surface area contributed by atoms with Gasteiger partial charge in [-0.3, -0.25) is 9.98 Å². The van der Waals surface area contributed by atoms with E-state index in [-0.39, 0.29) is 0 Å². The van der Waals surface area contributed by atoms with Crippen LogP contribution in [0.3, 0.4) is 0 Å². The quantitative estimate of drug-likeness (QED) is 0.509. The summed E-state index contributed by atoms with van der Waals surface area (Å²) in [6.45, 7) is 10.2. The molecule has 0 bridgehead atoms. The Bertz CT molecular complexity index is 1120. The van der Waals surface area contributed by atoms with Crippen molar-refractivity contribution in [2.75, 3.05) is 0 Å². The Labute approximate surface area is 172 Å². The average molecular weight is 380 g/mol. The van der Waals surface area contributed by atoms with Gasteiger partial charge < -0.3 is 0 Å². The fraction of sp³-hybridized carbons (Fsp3) is 0.200. The first-order valence-corrected chi connectivity index (χ1v) is 9.54. The van der Waals surface area contributed by atoms with Gasteiger partial charge in [0.15, 0.2) is 0 Å². The Morgan fingerprint density at radius 1 is 0.828 bits per heavy atom. The Hall–Kier alpha value is -3.58. The maximum absolute atomic E-state index is 8.92. The molecule has 0 aliphatic heterocycles. The van der Waals surface area contributed by atoms with Crippen molar-refractivity contribution in [2.45, 2.75) is 34.6 Å². The standard InChI is InChI=1S/C25H24N4/c1-16-13-17(2)25(18(3)14-16)28-20(5)24-8-6-7-23(29-24)19(4)27-22-11-9-21(15-26)10-12-22/h6-14H,1-5H3. The largest absolute Gasteiger partial charge is 0.252 e. The summed E-state index contributed by atoms with van der Waals surface area (Å²) in [5.41, 5.74) is 9.30. The average Bonchev–Trinajstić information content (AvgIpc) is 2.71. The Kier molecular flexibility index (Phi) is 5.99. The molecule has 4 heteroatoms. The van der Waals surface area contributed by atoms with Crippen molar-refractivity contribution in [3.63, 3.8) is 0 Å². The van der Waals surface area contributed by atoms with Crippen LogP contribution in [0.1, 0.15) is 47.5 Å². The minimum absolute atomic E-state index is 0.621. The van der Waals surface area contributed by atoms with Gasteiger partial charge in [0.25, 0.3) is 0 Å². The number of aromatic nitrogens is 1. The van der Waals surface area contributed by atoms with Gasteiger partial charge in [-0.2, -0.15) is 5.26 Å². The van der Waals surface area contributed by atoms with Gasteiger partial charge in [-0.25, -0.2) is 4.98 Å². The number of nitrogens with zero attached hydrogens (tertiary/aromatic N) is 4. The number of benzene rings is 2. The Morgan fingerprint density at radius 3 is 1.93 bits per heavy atom. The molecular weight excluding hydrogens is 356 g/mol. The van der Waals surface area contributed by atoms with Gasteiger partial charge in [-0.15, -0.1) is 0 Å². The predicted molar refractivity (Wildman–Crippen MR) is 120 cm³/mol. The summed E-state index contributed by atoms with van der Waals surface area (Å²) < 4.78 is 0. The van der Waals surface area contributed by atoms with Gasteiger partial charge in [-0.1, -0.05) is 23.8 Å². The van der Waals surface area contributed by atoms with E-state index in [4.69, 9.17) is 15.2 Å². The van der Waals surface area contributed by atoms with Crippen molar-refractivity contribution >= 4 is 22.8 Å². The lowest BCUT2D eigenvalue weighted by Gasteiger charge is -2.09. The Morgan fingerprint density at radius 2 is 1.38 bits per heavy atom. The summed E-state index contributed by atoms with van der Waals surface area (Å²) in [6, 6.07) is 19.5. The maximum atomic E-state index is 8.92. The van der Waals surface area contributed by atoms with E-state index in [0.717, 1.165) is 45.3 Å². The van der Waals surface area contributed by atoms with E-state index in [1.54, 1.807) is 12.1 Å². The minimum atomic E-state index is 0.621. The number of rotatable bonds is 4. The van der Waals surface area contributed by atoms with Crippen LogP contribution in [0.4, 0.5) is 11.4 Å². The van der Waals surface area contributed by atoms with E-state index in [0.29, 0.717) is 5.56 Å². The molecule has 2 aromatic carbocycles. The third-order valence-corrected chi connectivity index (χ3v) is 4.70. The van der Waals surface area contributed by atoms with Crippen molar-refractivity contribution in [3.8, 4) is 6.07 Å². The van der Waals surface area contributed by atoms with Crippen LogP contribution in [0.2, 0.25) is 0 Å². The van der Waals surface area contributed by atoms with Crippen molar-refractivity contribution in [3.05, 3.63) is 88.2 Å². The first-order valence-electron chi connectivity index (χ1n) is 9.54. The zero-order valence-electron chi connectivity index (χ0n) is 17.5. The highest BCUT2D eigenvalue weighted by Gasteiger charge is 2.07. The van der Waals surface area contributed by atoms with E-state index in [9.17, 15) is 0 Å². The molecule has 0 aliphatic rings. The van der Waals surface area contributed by atoms with E-state index < -0.39 is 0 Å². The van der Waals surface area contributed by atoms with Gasteiger partial charge in [0.1, 0.15) is 0 Å². The summed E-state index contributed by atoms with van der Waals surface area (Å²) >= 11 is 0. The van der Waals surface area contributed by atoms with Crippen molar-refractivity contribution in [1.29, 1.82) is 5.26 Å². The molecule has 0 saturated heterocycles. The molecule has 0 atom stereocenters. The molecule has 0 spiro atoms. The zero-order valence-corrected chi connectivity index (χ0v) is 17.5. The molecule has 0 saturated carbocycles. The SMILES string of the molecule is CC(=Nc1ccc(C#N)cc1)c1cccc(C(C)=Nc2c(C)cc(C)cc2C)n1. The second-order valence-corrected chi connectivity index (χ2v) is 7.21. The highest BCUT2D eigenvalue weighted by atomic mass is 14.8. The molecule has 4 nitrogen and oxygen atoms in total. The number of nitriles is 1. The number of aryl methyl sites for hydroxylation is 3. The van der Waals surface area contributed by atoms with Crippen molar-refractivity contribution < 1.29 is 0 Å². The predicted octanol–water partition coefficient (Wildman–Crippen LogP) is 6.16. The van der Waals surface area contributed by atoms with E-state index in [1.165, 1.54) is 5.56 Å². The second-order valence-electron chi connectivity index (χ2n) is 7.21. The fourth-order valence-electron chi connectivity index (χ4n) is 3.27. The topological polar surface area (TPSA) is 61.4 Å². The van der Waals surface area contributed by atoms with Crippen LogP contribution in [0.25, 0.3) is 0 Å². The lowest BCUT2D eigenvalue weighted by Crippen LogP contribution is -2.05. The smallest absolute Gasteiger partial charge is 0.0991 e. The molecule has 0 amide bonds. The third-order valence-electron chi connectivity index (χ3n) is 4.70. The van der Waals surface area contributed by atoms with Crippen LogP contribution in [-0.2, 0) is 0 Å². The first-order chi connectivity index (χ1) is 13.9. The van der Waals surface area contributed by atoms with Crippen LogP contribution in [0, 0.1) is 32.1 Å². The lowest BCUT2D eigenvalue weighted by molar-refractivity contribution is 1.23. The zero-order chi connectivity index (χ0) is 21.0.